The van der Waals surface area contributed by atoms with Crippen LogP contribution in [-0.2, 0) is 0 Å². The second-order valence-electron chi connectivity index (χ2n) is 4.12. The summed E-state index contributed by atoms with van der Waals surface area (Å²) in [6.45, 7) is 9.38. The fourth-order valence-electron chi connectivity index (χ4n) is 1.82. The lowest BCUT2D eigenvalue weighted by Gasteiger charge is -2.23. The molecule has 0 aromatic carbocycles. The van der Waals surface area contributed by atoms with Crippen LogP contribution in [0, 0.1) is 0 Å². The quantitative estimate of drug-likeness (QED) is 0.709. The third kappa shape index (κ3) is 4.20. The van der Waals surface area contributed by atoms with E-state index in [4.69, 9.17) is 10.8 Å². The fraction of sp³-hybridized carbons (Fsp3) is 0.750. The van der Waals surface area contributed by atoms with E-state index in [0.29, 0.717) is 24.9 Å². The van der Waals surface area contributed by atoms with E-state index in [2.05, 4.69) is 15.0 Å². The molecule has 108 valence electrons. The van der Waals surface area contributed by atoms with Gasteiger partial charge in [0.15, 0.2) is 0 Å². The largest absolute Gasteiger partial charge is 0.396 e. The Hall–Kier alpha value is -1.63. The normalized spacial score (nSPS) is 10.5. The Labute approximate surface area is 114 Å². The Bertz CT molecular complexity index is 382. The SMILES string of the molecule is CCN(CC)c1nc(N)nc(N(CC)CCCO)n1. The van der Waals surface area contributed by atoms with Crippen molar-refractivity contribution in [1.82, 2.24) is 15.0 Å². The standard InChI is InChI=1S/C12H24N6O/c1-4-17(5-2)11-14-10(13)15-12(16-11)18(6-3)8-7-9-19/h19H,4-9H2,1-3H3,(H2,13,14,15,16). The molecule has 0 amide bonds. The summed E-state index contributed by atoms with van der Waals surface area (Å²) in [5, 5.41) is 8.92. The van der Waals surface area contributed by atoms with Crippen LogP contribution in [0.3, 0.4) is 0 Å². The lowest BCUT2D eigenvalue weighted by molar-refractivity contribution is 0.289. The summed E-state index contributed by atoms with van der Waals surface area (Å²) in [6.07, 6.45) is 0.681. The molecule has 19 heavy (non-hydrogen) atoms. The monoisotopic (exact) mass is 268 g/mol. The van der Waals surface area contributed by atoms with Crippen LogP contribution >= 0.6 is 0 Å². The topological polar surface area (TPSA) is 91.4 Å². The number of nitrogen functional groups attached to an aromatic ring is 1. The summed E-state index contributed by atoms with van der Waals surface area (Å²) in [5.74, 6) is 1.41. The Kier molecular flexibility index (Phi) is 6.27. The van der Waals surface area contributed by atoms with E-state index in [0.717, 1.165) is 19.6 Å². The van der Waals surface area contributed by atoms with Gasteiger partial charge >= 0.3 is 0 Å². The molecular weight excluding hydrogens is 244 g/mol. The number of hydrogen-bond acceptors (Lipinski definition) is 7. The van der Waals surface area contributed by atoms with Crippen LogP contribution in [0.4, 0.5) is 17.8 Å². The van der Waals surface area contributed by atoms with E-state index in [1.807, 2.05) is 30.6 Å². The minimum Gasteiger partial charge on any atom is -0.396 e. The minimum absolute atomic E-state index is 0.153. The number of aliphatic hydroxyl groups is 1. The number of nitrogens with two attached hydrogens (primary N) is 1. The first-order valence-corrected chi connectivity index (χ1v) is 6.78. The molecule has 7 nitrogen and oxygen atoms in total. The predicted molar refractivity (Wildman–Crippen MR) is 77.4 cm³/mol. The van der Waals surface area contributed by atoms with Gasteiger partial charge in [0.05, 0.1) is 0 Å². The maximum Gasteiger partial charge on any atom is 0.231 e. The van der Waals surface area contributed by atoms with Crippen LogP contribution in [0.2, 0.25) is 0 Å². The molecular formula is C12H24N6O. The number of nitrogens with zero attached hydrogens (tertiary/aromatic N) is 5. The van der Waals surface area contributed by atoms with Crippen molar-refractivity contribution >= 4 is 17.8 Å². The number of anilines is 3. The van der Waals surface area contributed by atoms with Gasteiger partial charge in [-0.2, -0.15) is 15.0 Å². The molecule has 1 aromatic rings. The summed E-state index contributed by atoms with van der Waals surface area (Å²) in [6, 6.07) is 0. The Balaban J connectivity index is 2.99. The maximum atomic E-state index is 8.92. The highest BCUT2D eigenvalue weighted by Crippen LogP contribution is 2.15. The van der Waals surface area contributed by atoms with Crippen molar-refractivity contribution < 1.29 is 5.11 Å². The molecule has 0 aliphatic carbocycles. The second kappa shape index (κ2) is 7.73. The van der Waals surface area contributed by atoms with Crippen molar-refractivity contribution in [3.05, 3.63) is 0 Å². The third-order valence-electron chi connectivity index (χ3n) is 2.93. The van der Waals surface area contributed by atoms with Crippen LogP contribution in [0.1, 0.15) is 27.2 Å². The molecule has 1 rings (SSSR count). The third-order valence-corrected chi connectivity index (χ3v) is 2.93. The van der Waals surface area contributed by atoms with E-state index >= 15 is 0 Å². The summed E-state index contributed by atoms with van der Waals surface area (Å²) in [7, 11) is 0. The molecule has 0 saturated carbocycles. The van der Waals surface area contributed by atoms with Gasteiger partial charge in [-0.15, -0.1) is 0 Å². The summed E-state index contributed by atoms with van der Waals surface area (Å²) in [5.41, 5.74) is 5.76. The minimum atomic E-state index is 0.153. The predicted octanol–water partition coefficient (Wildman–Crippen LogP) is 0.509. The van der Waals surface area contributed by atoms with Gasteiger partial charge in [-0.3, -0.25) is 0 Å². The van der Waals surface area contributed by atoms with Crippen LogP contribution in [0.15, 0.2) is 0 Å². The van der Waals surface area contributed by atoms with Crippen LogP contribution in [-0.4, -0.2) is 52.8 Å². The molecule has 1 aromatic heterocycles. The lowest BCUT2D eigenvalue weighted by atomic mass is 10.4. The molecule has 0 radical (unpaired) electrons. The maximum absolute atomic E-state index is 8.92. The molecule has 0 spiro atoms. The summed E-state index contributed by atoms with van der Waals surface area (Å²) in [4.78, 5) is 16.8. The first kappa shape index (κ1) is 15.4. The highest BCUT2D eigenvalue weighted by molar-refractivity contribution is 5.43. The smallest absolute Gasteiger partial charge is 0.231 e. The van der Waals surface area contributed by atoms with E-state index < -0.39 is 0 Å². The number of hydrogen-bond donors (Lipinski definition) is 2. The average Bonchev–Trinajstić information content (AvgIpc) is 2.40. The molecule has 0 saturated heterocycles. The molecule has 0 bridgehead atoms. The van der Waals surface area contributed by atoms with Crippen LogP contribution in [0.5, 0.6) is 0 Å². The van der Waals surface area contributed by atoms with Gasteiger partial charge in [0.25, 0.3) is 0 Å². The molecule has 0 aliphatic rings. The summed E-state index contributed by atoms with van der Waals surface area (Å²) < 4.78 is 0. The average molecular weight is 268 g/mol. The molecule has 1 heterocycles. The van der Waals surface area contributed by atoms with E-state index in [9.17, 15) is 0 Å². The number of rotatable bonds is 8. The zero-order valence-corrected chi connectivity index (χ0v) is 12.0. The zero-order chi connectivity index (χ0) is 14.3. The fourth-order valence-corrected chi connectivity index (χ4v) is 1.82. The van der Waals surface area contributed by atoms with Crippen molar-refractivity contribution in [2.45, 2.75) is 27.2 Å². The Morgan fingerprint density at radius 1 is 0.947 bits per heavy atom. The van der Waals surface area contributed by atoms with E-state index in [1.165, 1.54) is 0 Å². The summed E-state index contributed by atoms with van der Waals surface area (Å²) >= 11 is 0. The van der Waals surface area contributed by atoms with Gasteiger partial charge in [0, 0.05) is 32.8 Å². The Morgan fingerprint density at radius 2 is 1.47 bits per heavy atom. The lowest BCUT2D eigenvalue weighted by Crippen LogP contribution is -2.30. The Morgan fingerprint density at radius 3 is 1.95 bits per heavy atom. The molecule has 7 heteroatoms. The van der Waals surface area contributed by atoms with Crippen molar-refractivity contribution in [3.8, 4) is 0 Å². The van der Waals surface area contributed by atoms with E-state index in [-0.39, 0.29) is 12.6 Å². The molecule has 0 atom stereocenters. The molecule has 0 unspecified atom stereocenters. The van der Waals surface area contributed by atoms with Crippen LogP contribution in [0.25, 0.3) is 0 Å². The highest BCUT2D eigenvalue weighted by atomic mass is 16.3. The van der Waals surface area contributed by atoms with Crippen molar-refractivity contribution in [3.63, 3.8) is 0 Å². The number of aliphatic hydroxyl groups excluding tert-OH is 1. The first-order chi connectivity index (χ1) is 9.15. The van der Waals surface area contributed by atoms with Gasteiger partial charge in [0.1, 0.15) is 0 Å². The molecule has 3 N–H and O–H groups in total. The van der Waals surface area contributed by atoms with Gasteiger partial charge in [-0.25, -0.2) is 0 Å². The van der Waals surface area contributed by atoms with Gasteiger partial charge < -0.3 is 20.6 Å². The van der Waals surface area contributed by atoms with Crippen molar-refractivity contribution in [2.24, 2.45) is 0 Å². The first-order valence-electron chi connectivity index (χ1n) is 6.78. The zero-order valence-electron chi connectivity index (χ0n) is 12.0. The molecule has 0 fully saturated rings. The van der Waals surface area contributed by atoms with E-state index in [1.54, 1.807) is 0 Å². The highest BCUT2D eigenvalue weighted by Gasteiger charge is 2.13. The molecule has 0 aliphatic heterocycles. The van der Waals surface area contributed by atoms with Crippen molar-refractivity contribution in [1.29, 1.82) is 0 Å². The van der Waals surface area contributed by atoms with Gasteiger partial charge in [0.2, 0.25) is 17.8 Å². The van der Waals surface area contributed by atoms with Gasteiger partial charge in [-0.1, -0.05) is 0 Å². The van der Waals surface area contributed by atoms with Crippen molar-refractivity contribution in [2.75, 3.05) is 48.3 Å². The second-order valence-corrected chi connectivity index (χ2v) is 4.12. The van der Waals surface area contributed by atoms with Crippen LogP contribution < -0.4 is 15.5 Å². The number of aromatic nitrogens is 3. The van der Waals surface area contributed by atoms with Gasteiger partial charge in [-0.05, 0) is 27.2 Å².